The summed E-state index contributed by atoms with van der Waals surface area (Å²) in [6, 6.07) is 11.9. The summed E-state index contributed by atoms with van der Waals surface area (Å²) in [5.74, 6) is 0.0694. The zero-order valence-electron chi connectivity index (χ0n) is 18.5. The Labute approximate surface area is 197 Å². The molecule has 2 N–H and O–H groups in total. The molecule has 10 heteroatoms. The van der Waals surface area contributed by atoms with Crippen LogP contribution in [0.1, 0.15) is 43.6 Å². The second-order valence-corrected chi connectivity index (χ2v) is 11.3. The number of rotatable bonds is 6. The number of fused-ring (bicyclic) bond motifs is 1. The number of hydrogen-bond donors (Lipinski definition) is 2. The van der Waals surface area contributed by atoms with E-state index in [9.17, 15) is 13.2 Å². The molecule has 2 aromatic carbocycles. The van der Waals surface area contributed by atoms with Gasteiger partial charge in [-0.15, -0.1) is 0 Å². The van der Waals surface area contributed by atoms with Crippen LogP contribution in [-0.4, -0.2) is 29.6 Å². The number of halogens is 1. The molecule has 0 unspecified atom stereocenters. The van der Waals surface area contributed by atoms with Gasteiger partial charge in [0.2, 0.25) is 5.95 Å². The van der Waals surface area contributed by atoms with Gasteiger partial charge in [-0.1, -0.05) is 29.8 Å². The summed E-state index contributed by atoms with van der Waals surface area (Å²) >= 11 is 6.28. The van der Waals surface area contributed by atoms with E-state index in [1.54, 1.807) is 44.2 Å². The Hall–Kier alpha value is -3.17. The van der Waals surface area contributed by atoms with E-state index in [4.69, 9.17) is 16.3 Å². The minimum absolute atomic E-state index is 0.156. The summed E-state index contributed by atoms with van der Waals surface area (Å²) < 4.78 is 30.9. The van der Waals surface area contributed by atoms with Gasteiger partial charge in [-0.05, 0) is 52.0 Å². The first-order valence-electron chi connectivity index (χ1n) is 10.3. The van der Waals surface area contributed by atoms with Crippen LogP contribution in [-0.2, 0) is 20.2 Å². The first-order chi connectivity index (χ1) is 15.5. The Balaban J connectivity index is 1.64. The van der Waals surface area contributed by atoms with E-state index in [1.807, 2.05) is 19.9 Å². The predicted molar refractivity (Wildman–Crippen MR) is 127 cm³/mol. The van der Waals surface area contributed by atoms with E-state index in [0.29, 0.717) is 16.9 Å². The van der Waals surface area contributed by atoms with Gasteiger partial charge in [0.15, 0.2) is 15.7 Å². The number of nitrogens with zero attached hydrogens (tertiary/aromatic N) is 2. The summed E-state index contributed by atoms with van der Waals surface area (Å²) in [6.07, 6.45) is 1.41. The molecule has 0 aliphatic carbocycles. The maximum absolute atomic E-state index is 12.7. The summed E-state index contributed by atoms with van der Waals surface area (Å²) in [7, 11) is -3.53. The molecule has 1 aliphatic rings. The largest absolute Gasteiger partial charge is 0.451 e. The maximum atomic E-state index is 12.7. The third-order valence-corrected chi connectivity index (χ3v) is 7.79. The molecule has 172 valence electrons. The average molecular weight is 487 g/mol. The van der Waals surface area contributed by atoms with Crippen LogP contribution in [0, 0.1) is 0 Å². The zero-order valence-corrected chi connectivity index (χ0v) is 20.1. The van der Waals surface area contributed by atoms with E-state index in [0.717, 1.165) is 5.56 Å². The highest BCUT2D eigenvalue weighted by molar-refractivity contribution is 7.92. The Kier molecular flexibility index (Phi) is 5.79. The van der Waals surface area contributed by atoms with E-state index >= 15 is 0 Å². The van der Waals surface area contributed by atoms with Crippen molar-refractivity contribution in [1.82, 2.24) is 9.97 Å². The zero-order chi connectivity index (χ0) is 24.0. The summed E-state index contributed by atoms with van der Waals surface area (Å²) in [5.41, 5.74) is 1.56. The van der Waals surface area contributed by atoms with Crippen molar-refractivity contribution in [2.75, 3.05) is 10.6 Å². The standard InChI is InChI=1S/C23H23ClN4O4S/c1-13(2)33(30,31)19-8-6-5-7-18(19)27-20-17(24)12-25-22(28-20)26-14-9-10-16-15(11-14)21(29)32-23(16,3)4/h5-13H,1-4H3,(H2,25,26,27,28). The number of esters is 1. The molecule has 2 heterocycles. The van der Waals surface area contributed by atoms with Crippen molar-refractivity contribution >= 4 is 50.5 Å². The van der Waals surface area contributed by atoms with Crippen molar-refractivity contribution in [3.63, 3.8) is 0 Å². The van der Waals surface area contributed by atoms with Crippen LogP contribution in [0.4, 0.5) is 23.1 Å². The number of aromatic nitrogens is 2. The highest BCUT2D eigenvalue weighted by Crippen LogP contribution is 2.37. The Morgan fingerprint density at radius 2 is 1.82 bits per heavy atom. The normalized spacial score (nSPS) is 14.7. The number of sulfone groups is 1. The van der Waals surface area contributed by atoms with Crippen LogP contribution < -0.4 is 10.6 Å². The maximum Gasteiger partial charge on any atom is 0.339 e. The number of carbonyl (C=O) groups is 1. The Morgan fingerprint density at radius 1 is 1.09 bits per heavy atom. The number of benzene rings is 2. The second-order valence-electron chi connectivity index (χ2n) is 8.39. The molecule has 3 aromatic rings. The van der Waals surface area contributed by atoms with Crippen molar-refractivity contribution < 1.29 is 17.9 Å². The van der Waals surface area contributed by atoms with Gasteiger partial charge in [-0.3, -0.25) is 0 Å². The highest BCUT2D eigenvalue weighted by Gasteiger charge is 2.37. The molecule has 0 fully saturated rings. The van der Waals surface area contributed by atoms with Gasteiger partial charge in [0.05, 0.1) is 27.6 Å². The van der Waals surface area contributed by atoms with Crippen LogP contribution in [0.15, 0.2) is 53.6 Å². The minimum Gasteiger partial charge on any atom is -0.451 e. The van der Waals surface area contributed by atoms with Gasteiger partial charge >= 0.3 is 5.97 Å². The molecule has 0 saturated heterocycles. The number of nitrogens with one attached hydrogen (secondary N) is 2. The number of carbonyl (C=O) groups excluding carboxylic acids is 1. The molecule has 0 amide bonds. The van der Waals surface area contributed by atoms with Gasteiger partial charge in [0.1, 0.15) is 10.6 Å². The number of hydrogen-bond acceptors (Lipinski definition) is 8. The summed E-state index contributed by atoms with van der Waals surface area (Å²) in [6.45, 7) is 6.92. The molecule has 4 rings (SSSR count). The lowest BCUT2D eigenvalue weighted by molar-refractivity contribution is 0.00954. The smallest absolute Gasteiger partial charge is 0.339 e. The lowest BCUT2D eigenvalue weighted by Crippen LogP contribution is -2.16. The first kappa shape index (κ1) is 23.0. The SMILES string of the molecule is CC(C)S(=O)(=O)c1ccccc1Nc1nc(Nc2ccc3c(c2)C(=O)OC3(C)C)ncc1Cl. The predicted octanol–water partition coefficient (Wildman–Crippen LogP) is 5.20. The van der Waals surface area contributed by atoms with Crippen molar-refractivity contribution in [2.24, 2.45) is 0 Å². The topological polar surface area (TPSA) is 110 Å². The number of cyclic esters (lactones) is 1. The van der Waals surface area contributed by atoms with E-state index in [2.05, 4.69) is 20.6 Å². The quantitative estimate of drug-likeness (QED) is 0.457. The number of ether oxygens (including phenoxy) is 1. The van der Waals surface area contributed by atoms with Gasteiger partial charge in [0.25, 0.3) is 0 Å². The third kappa shape index (κ3) is 4.38. The van der Waals surface area contributed by atoms with Crippen molar-refractivity contribution in [3.8, 4) is 0 Å². The fourth-order valence-corrected chi connectivity index (χ4v) is 4.84. The Morgan fingerprint density at radius 3 is 2.55 bits per heavy atom. The molecule has 0 saturated carbocycles. The fourth-order valence-electron chi connectivity index (χ4n) is 3.50. The van der Waals surface area contributed by atoms with Crippen LogP contribution in [0.5, 0.6) is 0 Å². The molecule has 1 aromatic heterocycles. The summed E-state index contributed by atoms with van der Waals surface area (Å²) in [4.78, 5) is 20.9. The van der Waals surface area contributed by atoms with Crippen LogP contribution >= 0.6 is 11.6 Å². The third-order valence-electron chi connectivity index (χ3n) is 5.30. The fraction of sp³-hybridized carbons (Fsp3) is 0.261. The Bertz CT molecular complexity index is 1360. The highest BCUT2D eigenvalue weighted by atomic mass is 35.5. The van der Waals surface area contributed by atoms with Gasteiger partial charge in [-0.2, -0.15) is 4.98 Å². The first-order valence-corrected chi connectivity index (χ1v) is 12.2. The van der Waals surface area contributed by atoms with Crippen LogP contribution in [0.25, 0.3) is 0 Å². The van der Waals surface area contributed by atoms with Crippen LogP contribution in [0.2, 0.25) is 5.02 Å². The van der Waals surface area contributed by atoms with E-state index in [-0.39, 0.29) is 27.7 Å². The molecule has 0 spiro atoms. The van der Waals surface area contributed by atoms with Gasteiger partial charge in [-0.25, -0.2) is 18.2 Å². The molecule has 0 bridgehead atoms. The van der Waals surface area contributed by atoms with Crippen molar-refractivity contribution in [2.45, 2.75) is 43.4 Å². The summed E-state index contributed by atoms with van der Waals surface area (Å²) in [5, 5.41) is 5.69. The van der Waals surface area contributed by atoms with Crippen molar-refractivity contribution in [3.05, 3.63) is 64.8 Å². The van der Waals surface area contributed by atoms with E-state index in [1.165, 1.54) is 12.3 Å². The minimum atomic E-state index is -3.53. The van der Waals surface area contributed by atoms with Crippen molar-refractivity contribution in [1.29, 1.82) is 0 Å². The lowest BCUT2D eigenvalue weighted by Gasteiger charge is -2.17. The number of para-hydroxylation sites is 1. The second kappa shape index (κ2) is 8.31. The molecular formula is C23H23ClN4O4S. The molecular weight excluding hydrogens is 464 g/mol. The van der Waals surface area contributed by atoms with E-state index < -0.39 is 20.7 Å². The van der Waals surface area contributed by atoms with Gasteiger partial charge < -0.3 is 15.4 Å². The van der Waals surface area contributed by atoms with Gasteiger partial charge in [0, 0.05) is 11.3 Å². The van der Waals surface area contributed by atoms with Crippen LogP contribution in [0.3, 0.4) is 0 Å². The molecule has 0 radical (unpaired) electrons. The monoisotopic (exact) mass is 486 g/mol. The lowest BCUT2D eigenvalue weighted by atomic mass is 9.96. The number of anilines is 4. The molecule has 0 atom stereocenters. The molecule has 1 aliphatic heterocycles. The average Bonchev–Trinajstić information content (AvgIpc) is 2.98. The molecule has 33 heavy (non-hydrogen) atoms. The molecule has 8 nitrogen and oxygen atoms in total.